The van der Waals surface area contributed by atoms with Crippen LogP contribution in [0.1, 0.15) is 0 Å². The maximum atomic E-state index is 5.65. The summed E-state index contributed by atoms with van der Waals surface area (Å²) in [5.41, 5.74) is 1.76. The van der Waals surface area contributed by atoms with Gasteiger partial charge in [-0.15, -0.1) is 23.2 Å². The fourth-order valence-electron chi connectivity index (χ4n) is 0.611. The zero-order chi connectivity index (χ0) is 6.31. The van der Waals surface area contributed by atoms with E-state index in [1.54, 1.807) is 0 Å². The highest BCUT2D eigenvalue weighted by molar-refractivity contribution is 6.35. The van der Waals surface area contributed by atoms with Gasteiger partial charge in [0.2, 0.25) is 0 Å². The van der Waals surface area contributed by atoms with Crippen LogP contribution in [0.15, 0.2) is 24.3 Å². The first kappa shape index (κ1) is 6.18. The maximum Gasteiger partial charge on any atom is 0.0787 e. The SMILES string of the molecule is C=C1C(=C)C(Cl)C1Cl. The summed E-state index contributed by atoms with van der Waals surface area (Å²) in [6.07, 6.45) is 0. The third-order valence-corrected chi connectivity index (χ3v) is 2.49. The summed E-state index contributed by atoms with van der Waals surface area (Å²) in [5, 5.41) is -0.159. The minimum Gasteiger partial charge on any atom is -0.116 e. The van der Waals surface area contributed by atoms with Gasteiger partial charge in [-0.25, -0.2) is 0 Å². The lowest BCUT2D eigenvalue weighted by Crippen LogP contribution is -2.32. The molecule has 0 aromatic rings. The van der Waals surface area contributed by atoms with Crippen LogP contribution in [0.3, 0.4) is 0 Å². The van der Waals surface area contributed by atoms with Crippen LogP contribution in [-0.2, 0) is 0 Å². The lowest BCUT2D eigenvalue weighted by Gasteiger charge is -2.32. The normalized spacial score (nSPS) is 37.2. The van der Waals surface area contributed by atoms with Crippen molar-refractivity contribution in [1.82, 2.24) is 0 Å². The van der Waals surface area contributed by atoms with Crippen LogP contribution in [-0.4, -0.2) is 10.8 Å². The van der Waals surface area contributed by atoms with Gasteiger partial charge in [0.1, 0.15) is 0 Å². The molecule has 0 aromatic carbocycles. The topological polar surface area (TPSA) is 0 Å². The van der Waals surface area contributed by atoms with Gasteiger partial charge in [-0.1, -0.05) is 13.2 Å². The quantitative estimate of drug-likeness (QED) is 0.463. The highest BCUT2D eigenvalue weighted by Crippen LogP contribution is 2.39. The molecule has 0 amide bonds. The van der Waals surface area contributed by atoms with Gasteiger partial charge in [0, 0.05) is 0 Å². The molecule has 0 aromatic heterocycles. The van der Waals surface area contributed by atoms with Gasteiger partial charge in [0.15, 0.2) is 0 Å². The average Bonchev–Trinajstić information content (AvgIpc) is 1.83. The van der Waals surface area contributed by atoms with Crippen molar-refractivity contribution in [3.63, 3.8) is 0 Å². The fraction of sp³-hybridized carbons (Fsp3) is 0.333. The predicted octanol–water partition coefficient (Wildman–Crippen LogP) is 2.33. The summed E-state index contributed by atoms with van der Waals surface area (Å²) in [4.78, 5) is 0. The van der Waals surface area contributed by atoms with E-state index in [2.05, 4.69) is 13.2 Å². The summed E-state index contributed by atoms with van der Waals surface area (Å²) in [6, 6.07) is 0. The van der Waals surface area contributed by atoms with E-state index in [4.69, 9.17) is 23.2 Å². The standard InChI is InChI=1S/C6H6Cl2/c1-3-4(2)6(8)5(3)7/h5-6H,1-2H2. The predicted molar refractivity (Wildman–Crippen MR) is 37.6 cm³/mol. The Bertz CT molecular complexity index is 131. The van der Waals surface area contributed by atoms with Crippen molar-refractivity contribution < 1.29 is 0 Å². The van der Waals surface area contributed by atoms with Gasteiger partial charge in [-0.3, -0.25) is 0 Å². The number of hydrogen-bond acceptors (Lipinski definition) is 0. The van der Waals surface area contributed by atoms with Crippen LogP contribution in [0.4, 0.5) is 0 Å². The Morgan fingerprint density at radius 3 is 1.38 bits per heavy atom. The molecule has 0 heterocycles. The molecule has 0 bridgehead atoms. The van der Waals surface area contributed by atoms with Gasteiger partial charge >= 0.3 is 0 Å². The number of hydrogen-bond donors (Lipinski definition) is 0. The molecule has 0 aliphatic heterocycles. The molecule has 0 saturated heterocycles. The van der Waals surface area contributed by atoms with Crippen LogP contribution in [0.25, 0.3) is 0 Å². The van der Waals surface area contributed by atoms with E-state index in [1.165, 1.54) is 0 Å². The molecule has 2 unspecified atom stereocenters. The van der Waals surface area contributed by atoms with Crippen molar-refractivity contribution in [3.05, 3.63) is 24.3 Å². The van der Waals surface area contributed by atoms with Crippen molar-refractivity contribution in [2.24, 2.45) is 0 Å². The van der Waals surface area contributed by atoms with Crippen LogP contribution < -0.4 is 0 Å². The zero-order valence-corrected chi connectivity index (χ0v) is 5.84. The second kappa shape index (κ2) is 1.78. The zero-order valence-electron chi connectivity index (χ0n) is 4.32. The molecule has 0 spiro atoms. The van der Waals surface area contributed by atoms with Crippen molar-refractivity contribution in [2.75, 3.05) is 0 Å². The molecule has 1 saturated carbocycles. The summed E-state index contributed by atoms with van der Waals surface area (Å²) in [6.45, 7) is 7.31. The number of rotatable bonds is 0. The van der Waals surface area contributed by atoms with Crippen LogP contribution in [0.2, 0.25) is 0 Å². The van der Waals surface area contributed by atoms with Crippen molar-refractivity contribution >= 4 is 23.2 Å². The number of halogens is 2. The first-order valence-corrected chi connectivity index (χ1v) is 3.18. The van der Waals surface area contributed by atoms with Gasteiger partial charge in [-0.2, -0.15) is 0 Å². The van der Waals surface area contributed by atoms with Crippen LogP contribution in [0, 0.1) is 0 Å². The molecular weight excluding hydrogens is 143 g/mol. The Labute approximate surface area is 58.8 Å². The molecule has 8 heavy (non-hydrogen) atoms. The molecule has 44 valence electrons. The van der Waals surface area contributed by atoms with E-state index >= 15 is 0 Å². The molecule has 1 aliphatic carbocycles. The molecule has 0 radical (unpaired) electrons. The first-order valence-electron chi connectivity index (χ1n) is 2.30. The Hall–Kier alpha value is 0.0600. The van der Waals surface area contributed by atoms with Crippen molar-refractivity contribution in [2.45, 2.75) is 10.8 Å². The summed E-state index contributed by atoms with van der Waals surface area (Å²) < 4.78 is 0. The van der Waals surface area contributed by atoms with Gasteiger partial charge < -0.3 is 0 Å². The van der Waals surface area contributed by atoms with Gasteiger partial charge in [0.05, 0.1) is 10.8 Å². The maximum absolute atomic E-state index is 5.65. The molecule has 0 N–H and O–H groups in total. The second-order valence-corrected chi connectivity index (χ2v) is 2.79. The Morgan fingerprint density at radius 1 is 1.00 bits per heavy atom. The Balaban J connectivity index is 2.68. The average molecular weight is 149 g/mol. The lowest BCUT2D eigenvalue weighted by molar-refractivity contribution is 0.853. The minimum absolute atomic E-state index is 0.0795. The Morgan fingerprint density at radius 2 is 1.25 bits per heavy atom. The van der Waals surface area contributed by atoms with E-state index in [1.807, 2.05) is 0 Å². The lowest BCUT2D eigenvalue weighted by atomic mass is 9.87. The van der Waals surface area contributed by atoms with Gasteiger partial charge in [0.25, 0.3) is 0 Å². The molecule has 1 fully saturated rings. The van der Waals surface area contributed by atoms with E-state index in [0.29, 0.717) is 0 Å². The number of allylic oxidation sites excluding steroid dienone is 2. The van der Waals surface area contributed by atoms with E-state index < -0.39 is 0 Å². The van der Waals surface area contributed by atoms with E-state index in [0.717, 1.165) is 11.1 Å². The molecule has 0 nitrogen and oxygen atoms in total. The Kier molecular flexibility index (Phi) is 1.38. The van der Waals surface area contributed by atoms with E-state index in [-0.39, 0.29) is 10.8 Å². The van der Waals surface area contributed by atoms with Crippen molar-refractivity contribution in [3.8, 4) is 0 Å². The number of alkyl halides is 2. The summed E-state index contributed by atoms with van der Waals surface area (Å²) in [7, 11) is 0. The van der Waals surface area contributed by atoms with E-state index in [9.17, 15) is 0 Å². The first-order chi connectivity index (χ1) is 3.64. The van der Waals surface area contributed by atoms with Crippen LogP contribution in [0.5, 0.6) is 0 Å². The third-order valence-electron chi connectivity index (χ3n) is 1.34. The summed E-state index contributed by atoms with van der Waals surface area (Å²) in [5.74, 6) is 0. The monoisotopic (exact) mass is 148 g/mol. The molecule has 1 rings (SSSR count). The molecule has 2 atom stereocenters. The largest absolute Gasteiger partial charge is 0.116 e. The van der Waals surface area contributed by atoms with Gasteiger partial charge in [-0.05, 0) is 11.1 Å². The highest BCUT2D eigenvalue weighted by Gasteiger charge is 2.34. The second-order valence-electron chi connectivity index (χ2n) is 1.85. The molecule has 2 heteroatoms. The smallest absolute Gasteiger partial charge is 0.0787 e. The third kappa shape index (κ3) is 0.602. The van der Waals surface area contributed by atoms with Crippen molar-refractivity contribution in [1.29, 1.82) is 0 Å². The molecular formula is C6H6Cl2. The highest BCUT2D eigenvalue weighted by atomic mass is 35.5. The minimum atomic E-state index is -0.0795. The van der Waals surface area contributed by atoms with Crippen LogP contribution >= 0.6 is 23.2 Å². The fourth-order valence-corrected chi connectivity index (χ4v) is 1.20. The summed E-state index contributed by atoms with van der Waals surface area (Å²) >= 11 is 11.3. The molecule has 1 aliphatic rings.